The summed E-state index contributed by atoms with van der Waals surface area (Å²) in [4.78, 5) is 51.7. The van der Waals surface area contributed by atoms with Crippen LogP contribution >= 0.6 is 23.5 Å². The van der Waals surface area contributed by atoms with Gasteiger partial charge in [0.2, 0.25) is 17.7 Å². The van der Waals surface area contributed by atoms with E-state index in [4.69, 9.17) is 5.73 Å². The number of nitrogens with one attached hydrogen (secondary N) is 2. The number of carboxylic acid groups (broad SMARTS) is 1. The normalized spacial score (nSPS) is 19.7. The van der Waals surface area contributed by atoms with Gasteiger partial charge < -0.3 is 26.4 Å². The molecule has 32 heavy (non-hydrogen) atoms. The van der Waals surface area contributed by atoms with Crippen molar-refractivity contribution < 1.29 is 24.3 Å². The van der Waals surface area contributed by atoms with Gasteiger partial charge in [0, 0.05) is 6.54 Å². The predicted octanol–water partition coefficient (Wildman–Crippen LogP) is 0.911. The Balaban J connectivity index is 2.96. The highest BCUT2D eigenvalue weighted by Gasteiger charge is 2.39. The molecule has 0 aromatic rings. The number of nitrogens with two attached hydrogens (primary N) is 1. The van der Waals surface area contributed by atoms with Crippen LogP contribution in [0.2, 0.25) is 0 Å². The number of carbonyl (C=O) groups excluding carboxylic acids is 3. The SMILES string of the molecule is CCC(C)C(NC(=O)C(CCSC)NC(=O)C(N)CCSC)C(=O)N1CCCC1C(=O)O. The van der Waals surface area contributed by atoms with Crippen molar-refractivity contribution in [3.05, 3.63) is 0 Å². The molecule has 9 nitrogen and oxygen atoms in total. The average Bonchev–Trinajstić information content (AvgIpc) is 3.27. The van der Waals surface area contributed by atoms with Gasteiger partial charge in [0.1, 0.15) is 18.1 Å². The van der Waals surface area contributed by atoms with Crippen LogP contribution in [0.4, 0.5) is 0 Å². The zero-order valence-electron chi connectivity index (χ0n) is 19.5. The molecule has 1 saturated heterocycles. The summed E-state index contributed by atoms with van der Waals surface area (Å²) in [5.41, 5.74) is 5.95. The number of carbonyl (C=O) groups is 4. The van der Waals surface area contributed by atoms with Crippen LogP contribution in [0.5, 0.6) is 0 Å². The predicted molar refractivity (Wildman–Crippen MR) is 130 cm³/mol. The zero-order chi connectivity index (χ0) is 24.3. The lowest BCUT2D eigenvalue weighted by molar-refractivity contribution is -0.150. The van der Waals surface area contributed by atoms with Gasteiger partial charge in [-0.2, -0.15) is 23.5 Å². The van der Waals surface area contributed by atoms with E-state index in [1.54, 1.807) is 23.5 Å². The van der Waals surface area contributed by atoms with Crippen molar-refractivity contribution in [2.24, 2.45) is 11.7 Å². The number of nitrogens with zero attached hydrogens (tertiary/aromatic N) is 1. The quantitative estimate of drug-likeness (QED) is 0.281. The zero-order valence-corrected chi connectivity index (χ0v) is 21.1. The lowest BCUT2D eigenvalue weighted by Crippen LogP contribution is -2.58. The summed E-state index contributed by atoms with van der Waals surface area (Å²) in [7, 11) is 0. The van der Waals surface area contributed by atoms with Gasteiger partial charge in [-0.1, -0.05) is 20.3 Å². The molecule has 0 bridgehead atoms. The average molecular weight is 491 g/mol. The van der Waals surface area contributed by atoms with E-state index in [0.717, 1.165) is 5.75 Å². The molecule has 1 aliphatic rings. The summed E-state index contributed by atoms with van der Waals surface area (Å²) in [5, 5.41) is 15.0. The first-order chi connectivity index (χ1) is 15.2. The number of hydrogen-bond donors (Lipinski definition) is 4. The van der Waals surface area contributed by atoms with E-state index in [9.17, 15) is 24.3 Å². The smallest absolute Gasteiger partial charge is 0.326 e. The van der Waals surface area contributed by atoms with Crippen LogP contribution in [0.15, 0.2) is 0 Å². The molecule has 0 aliphatic carbocycles. The second-order valence-corrected chi connectivity index (χ2v) is 10.1. The van der Waals surface area contributed by atoms with Crippen LogP contribution in [-0.2, 0) is 19.2 Å². The fourth-order valence-electron chi connectivity index (χ4n) is 3.56. The Morgan fingerprint density at radius 3 is 2.28 bits per heavy atom. The van der Waals surface area contributed by atoms with Crippen LogP contribution in [-0.4, -0.2) is 88.4 Å². The summed E-state index contributed by atoms with van der Waals surface area (Å²) < 4.78 is 0. The number of thioether (sulfide) groups is 2. The molecule has 0 radical (unpaired) electrons. The second kappa shape index (κ2) is 14.6. The highest BCUT2D eigenvalue weighted by atomic mass is 32.2. The Morgan fingerprint density at radius 2 is 1.72 bits per heavy atom. The van der Waals surface area contributed by atoms with Gasteiger partial charge in [-0.3, -0.25) is 14.4 Å². The number of carboxylic acids is 1. The molecule has 1 heterocycles. The Kier molecular flexibility index (Phi) is 13.1. The van der Waals surface area contributed by atoms with Crippen LogP contribution in [0, 0.1) is 5.92 Å². The van der Waals surface area contributed by atoms with Gasteiger partial charge >= 0.3 is 5.97 Å². The summed E-state index contributed by atoms with van der Waals surface area (Å²) in [6.45, 7) is 4.12. The van der Waals surface area contributed by atoms with Crippen LogP contribution in [0.3, 0.4) is 0 Å². The molecule has 1 fully saturated rings. The molecule has 3 amide bonds. The van der Waals surface area contributed by atoms with E-state index >= 15 is 0 Å². The Bertz CT molecular complexity index is 652. The van der Waals surface area contributed by atoms with Crippen molar-refractivity contribution in [3.8, 4) is 0 Å². The van der Waals surface area contributed by atoms with Gasteiger partial charge in [-0.15, -0.1) is 0 Å². The van der Waals surface area contributed by atoms with Crippen LogP contribution < -0.4 is 16.4 Å². The molecule has 5 atom stereocenters. The number of hydrogen-bond acceptors (Lipinski definition) is 7. The molecule has 5 unspecified atom stereocenters. The minimum atomic E-state index is -1.03. The van der Waals surface area contributed by atoms with E-state index in [1.807, 2.05) is 26.4 Å². The fraction of sp³-hybridized carbons (Fsp3) is 0.810. The molecule has 11 heteroatoms. The minimum Gasteiger partial charge on any atom is -0.480 e. The number of aliphatic carboxylic acids is 1. The van der Waals surface area contributed by atoms with E-state index in [-0.39, 0.29) is 11.8 Å². The van der Waals surface area contributed by atoms with Crippen molar-refractivity contribution in [1.29, 1.82) is 0 Å². The van der Waals surface area contributed by atoms with Gasteiger partial charge in [0.15, 0.2) is 0 Å². The fourth-order valence-corrected chi connectivity index (χ4v) is 4.52. The van der Waals surface area contributed by atoms with Crippen molar-refractivity contribution in [3.63, 3.8) is 0 Å². The highest BCUT2D eigenvalue weighted by molar-refractivity contribution is 7.98. The van der Waals surface area contributed by atoms with Crippen molar-refractivity contribution in [2.45, 2.75) is 70.1 Å². The molecular formula is C21H38N4O5S2. The van der Waals surface area contributed by atoms with Crippen LogP contribution in [0.1, 0.15) is 46.0 Å². The van der Waals surface area contributed by atoms with E-state index in [0.29, 0.717) is 44.4 Å². The standard InChI is InChI=1S/C21H38N4O5S2/c1-5-13(2)17(20(28)25-10-6-7-16(25)21(29)30)24-19(27)15(9-12-32-4)23-18(26)14(22)8-11-31-3/h13-17H,5-12,22H2,1-4H3,(H,23,26)(H,24,27)(H,29,30). The van der Waals surface area contributed by atoms with Crippen molar-refractivity contribution in [1.82, 2.24) is 15.5 Å². The maximum absolute atomic E-state index is 13.2. The molecule has 1 rings (SSSR count). The first-order valence-electron chi connectivity index (χ1n) is 11.0. The molecule has 0 aromatic carbocycles. The van der Waals surface area contributed by atoms with Gasteiger partial charge in [0.25, 0.3) is 0 Å². The molecule has 0 saturated carbocycles. The minimum absolute atomic E-state index is 0.192. The summed E-state index contributed by atoms with van der Waals surface area (Å²) in [5.74, 6) is -1.07. The first kappa shape index (κ1) is 28.6. The molecule has 0 spiro atoms. The molecule has 1 aliphatic heterocycles. The van der Waals surface area contributed by atoms with E-state index < -0.39 is 42.0 Å². The maximum Gasteiger partial charge on any atom is 0.326 e. The topological polar surface area (TPSA) is 142 Å². The Hall–Kier alpha value is -1.46. The highest BCUT2D eigenvalue weighted by Crippen LogP contribution is 2.21. The third-order valence-corrected chi connectivity index (χ3v) is 7.10. The van der Waals surface area contributed by atoms with Gasteiger partial charge in [-0.05, 0) is 55.6 Å². The molecule has 5 N–H and O–H groups in total. The lowest BCUT2D eigenvalue weighted by atomic mass is 9.96. The molecule has 0 aromatic heterocycles. The number of likely N-dealkylation sites (tertiary alicyclic amines) is 1. The summed E-state index contributed by atoms with van der Waals surface area (Å²) in [6, 6.07) is -3.25. The summed E-state index contributed by atoms with van der Waals surface area (Å²) in [6.07, 6.45) is 6.39. The van der Waals surface area contributed by atoms with Crippen molar-refractivity contribution >= 4 is 47.2 Å². The third kappa shape index (κ3) is 8.47. The largest absolute Gasteiger partial charge is 0.480 e. The monoisotopic (exact) mass is 490 g/mol. The Morgan fingerprint density at radius 1 is 1.09 bits per heavy atom. The van der Waals surface area contributed by atoms with Crippen molar-refractivity contribution in [2.75, 3.05) is 30.6 Å². The van der Waals surface area contributed by atoms with Gasteiger partial charge in [-0.25, -0.2) is 4.79 Å². The van der Waals surface area contributed by atoms with Crippen LogP contribution in [0.25, 0.3) is 0 Å². The van der Waals surface area contributed by atoms with Gasteiger partial charge in [0.05, 0.1) is 6.04 Å². The lowest BCUT2D eigenvalue weighted by Gasteiger charge is -2.31. The molecular weight excluding hydrogens is 452 g/mol. The first-order valence-corrected chi connectivity index (χ1v) is 13.8. The molecule has 184 valence electrons. The summed E-state index contributed by atoms with van der Waals surface area (Å²) >= 11 is 3.14. The van der Waals surface area contributed by atoms with E-state index in [2.05, 4.69) is 10.6 Å². The number of rotatable bonds is 14. The maximum atomic E-state index is 13.2. The van der Waals surface area contributed by atoms with E-state index in [1.165, 1.54) is 4.90 Å². The third-order valence-electron chi connectivity index (χ3n) is 5.81. The Labute approximate surface area is 199 Å². The second-order valence-electron chi connectivity index (χ2n) is 8.13. The number of amides is 3.